The van der Waals surface area contributed by atoms with Crippen LogP contribution >= 0.6 is 11.8 Å². The van der Waals surface area contributed by atoms with Crippen molar-refractivity contribution in [3.05, 3.63) is 98.6 Å². The highest BCUT2D eigenvalue weighted by Crippen LogP contribution is 2.36. The second kappa shape index (κ2) is 8.31. The lowest BCUT2D eigenvalue weighted by molar-refractivity contribution is -0.385. The first kappa shape index (κ1) is 19.1. The van der Waals surface area contributed by atoms with Crippen LogP contribution in [0.5, 0.6) is 0 Å². The topological polar surface area (TPSA) is 115 Å². The van der Waals surface area contributed by atoms with Crippen molar-refractivity contribution in [2.45, 2.75) is 9.79 Å². The summed E-state index contributed by atoms with van der Waals surface area (Å²) in [6.45, 7) is 0. The summed E-state index contributed by atoms with van der Waals surface area (Å²) in [5, 5.41) is 24.6. The van der Waals surface area contributed by atoms with E-state index >= 15 is 0 Å². The van der Waals surface area contributed by atoms with Crippen LogP contribution in [0, 0.1) is 20.2 Å². The number of nitro groups is 2. The number of nitrogens with zero attached hydrogens (tertiary/aromatic N) is 2. The molecular formula is C19H13N3O5S. The van der Waals surface area contributed by atoms with E-state index < -0.39 is 15.8 Å². The minimum absolute atomic E-state index is 0.0364. The number of hydrogen-bond acceptors (Lipinski definition) is 6. The Balaban J connectivity index is 1.90. The Morgan fingerprint density at radius 2 is 1.43 bits per heavy atom. The zero-order valence-electron chi connectivity index (χ0n) is 14.3. The second-order valence-electron chi connectivity index (χ2n) is 5.61. The maximum Gasteiger partial charge on any atom is 0.271 e. The Morgan fingerprint density at radius 3 is 2.04 bits per heavy atom. The fourth-order valence-electron chi connectivity index (χ4n) is 2.37. The predicted octanol–water partition coefficient (Wildman–Crippen LogP) is 4.91. The molecule has 0 aliphatic heterocycles. The number of carbonyl (C=O) groups excluding carboxylic acids is 1. The smallest absolute Gasteiger partial charge is 0.271 e. The lowest BCUT2D eigenvalue weighted by atomic mass is 10.2. The molecule has 0 heterocycles. The standard InChI is InChI=1S/C19H13N3O5S/c23-19(13-4-2-1-3-5-13)20-17-12-15(22(26)27)8-11-18(17)28-16-9-6-14(7-10-16)21(24)25/h1-12H,(H,20,23). The molecule has 0 fully saturated rings. The number of non-ortho nitro benzene ring substituents is 2. The van der Waals surface area contributed by atoms with Gasteiger partial charge in [0.25, 0.3) is 17.3 Å². The number of nitrogens with one attached hydrogen (secondary N) is 1. The van der Waals surface area contributed by atoms with Gasteiger partial charge in [0.15, 0.2) is 0 Å². The molecule has 0 aromatic heterocycles. The molecule has 0 aliphatic rings. The third kappa shape index (κ3) is 4.51. The summed E-state index contributed by atoms with van der Waals surface area (Å²) < 4.78 is 0. The molecule has 0 radical (unpaired) electrons. The summed E-state index contributed by atoms with van der Waals surface area (Å²) in [4.78, 5) is 34.6. The fraction of sp³-hybridized carbons (Fsp3) is 0. The van der Waals surface area contributed by atoms with Gasteiger partial charge < -0.3 is 5.32 Å². The van der Waals surface area contributed by atoms with Crippen molar-refractivity contribution in [2.24, 2.45) is 0 Å². The molecule has 0 unspecified atom stereocenters. The maximum absolute atomic E-state index is 12.5. The first-order chi connectivity index (χ1) is 13.4. The van der Waals surface area contributed by atoms with Crippen molar-refractivity contribution < 1.29 is 14.6 Å². The highest BCUT2D eigenvalue weighted by atomic mass is 32.2. The molecule has 1 amide bonds. The first-order valence-corrected chi connectivity index (χ1v) is 8.83. The van der Waals surface area contributed by atoms with E-state index in [2.05, 4.69) is 5.32 Å². The van der Waals surface area contributed by atoms with E-state index in [1.165, 1.54) is 42.1 Å². The molecule has 8 nitrogen and oxygen atoms in total. The molecule has 9 heteroatoms. The van der Waals surface area contributed by atoms with Gasteiger partial charge in [-0.1, -0.05) is 30.0 Å². The number of anilines is 1. The van der Waals surface area contributed by atoms with Crippen LogP contribution in [0.2, 0.25) is 0 Å². The minimum atomic E-state index is -0.543. The number of hydrogen-bond donors (Lipinski definition) is 1. The van der Waals surface area contributed by atoms with E-state index in [1.807, 2.05) is 0 Å². The Morgan fingerprint density at radius 1 is 0.821 bits per heavy atom. The van der Waals surface area contributed by atoms with Gasteiger partial charge in [0.2, 0.25) is 0 Å². The number of nitro benzene ring substituents is 2. The molecular weight excluding hydrogens is 382 g/mol. The first-order valence-electron chi connectivity index (χ1n) is 8.01. The monoisotopic (exact) mass is 395 g/mol. The summed E-state index contributed by atoms with van der Waals surface area (Å²) >= 11 is 1.23. The summed E-state index contributed by atoms with van der Waals surface area (Å²) in [5.74, 6) is -0.397. The van der Waals surface area contributed by atoms with Gasteiger partial charge in [0.1, 0.15) is 0 Å². The lowest BCUT2D eigenvalue weighted by Crippen LogP contribution is -2.12. The van der Waals surface area contributed by atoms with E-state index in [9.17, 15) is 25.0 Å². The summed E-state index contributed by atoms with van der Waals surface area (Å²) in [6, 6.07) is 18.5. The molecule has 0 atom stereocenters. The molecule has 3 aromatic carbocycles. The molecule has 140 valence electrons. The zero-order chi connectivity index (χ0) is 20.1. The average Bonchev–Trinajstić information content (AvgIpc) is 2.70. The van der Waals surface area contributed by atoms with Crippen molar-refractivity contribution in [2.75, 3.05) is 5.32 Å². The molecule has 0 bridgehead atoms. The van der Waals surface area contributed by atoms with E-state index in [0.717, 1.165) is 0 Å². The largest absolute Gasteiger partial charge is 0.321 e. The molecule has 0 spiro atoms. The lowest BCUT2D eigenvalue weighted by Gasteiger charge is -2.11. The minimum Gasteiger partial charge on any atom is -0.321 e. The van der Waals surface area contributed by atoms with Crippen molar-refractivity contribution in [3.8, 4) is 0 Å². The van der Waals surface area contributed by atoms with Crippen LogP contribution in [-0.4, -0.2) is 15.8 Å². The average molecular weight is 395 g/mol. The van der Waals surface area contributed by atoms with Crippen LogP contribution in [0.3, 0.4) is 0 Å². The zero-order valence-corrected chi connectivity index (χ0v) is 15.1. The number of carbonyl (C=O) groups is 1. The van der Waals surface area contributed by atoms with Crippen LogP contribution in [0.25, 0.3) is 0 Å². The van der Waals surface area contributed by atoms with Crippen LogP contribution in [0.1, 0.15) is 10.4 Å². The van der Waals surface area contributed by atoms with Crippen molar-refractivity contribution in [3.63, 3.8) is 0 Å². The van der Waals surface area contributed by atoms with Crippen LogP contribution in [-0.2, 0) is 0 Å². The maximum atomic E-state index is 12.5. The Bertz CT molecular complexity index is 1040. The van der Waals surface area contributed by atoms with E-state index in [-0.39, 0.29) is 17.1 Å². The Hall–Kier alpha value is -3.72. The third-order valence-corrected chi connectivity index (χ3v) is 4.82. The quantitative estimate of drug-likeness (QED) is 0.468. The number of rotatable bonds is 6. The van der Waals surface area contributed by atoms with Gasteiger partial charge in [0, 0.05) is 39.6 Å². The van der Waals surface area contributed by atoms with Gasteiger partial charge in [-0.3, -0.25) is 25.0 Å². The highest BCUT2D eigenvalue weighted by molar-refractivity contribution is 7.99. The molecule has 3 aromatic rings. The summed E-state index contributed by atoms with van der Waals surface area (Å²) in [6.07, 6.45) is 0. The highest BCUT2D eigenvalue weighted by Gasteiger charge is 2.15. The molecule has 3 rings (SSSR count). The number of amides is 1. The van der Waals surface area contributed by atoms with E-state index in [1.54, 1.807) is 42.5 Å². The van der Waals surface area contributed by atoms with Gasteiger partial charge >= 0.3 is 0 Å². The van der Waals surface area contributed by atoms with Gasteiger partial charge in [-0.15, -0.1) is 0 Å². The van der Waals surface area contributed by atoms with Crippen LogP contribution in [0.15, 0.2) is 82.6 Å². The SMILES string of the molecule is O=C(Nc1cc([N+](=O)[O-])ccc1Sc1ccc([N+](=O)[O-])cc1)c1ccccc1. The van der Waals surface area contributed by atoms with Crippen molar-refractivity contribution in [1.29, 1.82) is 0 Å². The fourth-order valence-corrected chi connectivity index (χ4v) is 3.25. The van der Waals surface area contributed by atoms with Crippen molar-refractivity contribution >= 4 is 34.7 Å². The van der Waals surface area contributed by atoms with Gasteiger partial charge in [-0.2, -0.15) is 0 Å². The van der Waals surface area contributed by atoms with E-state index in [4.69, 9.17) is 0 Å². The third-order valence-electron chi connectivity index (χ3n) is 3.73. The Kier molecular flexibility index (Phi) is 5.66. The molecule has 28 heavy (non-hydrogen) atoms. The molecule has 0 saturated carbocycles. The molecule has 0 aliphatic carbocycles. The van der Waals surface area contributed by atoms with Gasteiger partial charge in [0.05, 0.1) is 15.5 Å². The number of benzene rings is 3. The Labute approximate surface area is 163 Å². The van der Waals surface area contributed by atoms with Crippen molar-refractivity contribution in [1.82, 2.24) is 0 Å². The summed E-state index contributed by atoms with van der Waals surface area (Å²) in [7, 11) is 0. The molecule has 0 saturated heterocycles. The van der Waals surface area contributed by atoms with Gasteiger partial charge in [-0.25, -0.2) is 0 Å². The second-order valence-corrected chi connectivity index (χ2v) is 6.73. The predicted molar refractivity (Wildman–Crippen MR) is 105 cm³/mol. The van der Waals surface area contributed by atoms with E-state index in [0.29, 0.717) is 15.4 Å². The normalized spacial score (nSPS) is 10.3. The molecule has 1 N–H and O–H groups in total. The van der Waals surface area contributed by atoms with Gasteiger partial charge in [-0.05, 0) is 30.3 Å². The van der Waals surface area contributed by atoms with Crippen LogP contribution < -0.4 is 5.32 Å². The van der Waals surface area contributed by atoms with Crippen LogP contribution in [0.4, 0.5) is 17.1 Å². The summed E-state index contributed by atoms with van der Waals surface area (Å²) in [5.41, 5.74) is 0.508.